The number of aromatic nitrogens is 1. The number of piperidine rings is 1. The Morgan fingerprint density at radius 3 is 3.17 bits per heavy atom. The Bertz CT molecular complexity index is 237. The molecule has 1 aromatic rings. The van der Waals surface area contributed by atoms with Gasteiger partial charge in [0.15, 0.2) is 0 Å². The van der Waals surface area contributed by atoms with Gasteiger partial charge in [0.05, 0.1) is 6.04 Å². The standard InChI is InChI=1S/C8H11IN2S/c9-11-5-2-1-3-7(11)8-10-4-6-12-8/h4,6-7H,1-3,5H2. The zero-order valence-electron chi connectivity index (χ0n) is 6.74. The van der Waals surface area contributed by atoms with Crippen molar-refractivity contribution in [2.75, 3.05) is 6.54 Å². The average Bonchev–Trinajstić information content (AvgIpc) is 2.57. The molecule has 12 heavy (non-hydrogen) atoms. The lowest BCUT2D eigenvalue weighted by molar-refractivity contribution is 0.303. The molecule has 1 atom stereocenters. The van der Waals surface area contributed by atoms with Crippen LogP contribution in [-0.2, 0) is 0 Å². The van der Waals surface area contributed by atoms with Crippen LogP contribution in [0.25, 0.3) is 0 Å². The van der Waals surface area contributed by atoms with Gasteiger partial charge in [0.25, 0.3) is 0 Å². The van der Waals surface area contributed by atoms with Gasteiger partial charge < -0.3 is 0 Å². The van der Waals surface area contributed by atoms with Gasteiger partial charge in [0, 0.05) is 41.0 Å². The van der Waals surface area contributed by atoms with E-state index in [4.69, 9.17) is 0 Å². The molecule has 0 aromatic carbocycles. The summed E-state index contributed by atoms with van der Waals surface area (Å²) in [7, 11) is 0. The lowest BCUT2D eigenvalue weighted by Gasteiger charge is -2.28. The van der Waals surface area contributed by atoms with Crippen molar-refractivity contribution in [3.8, 4) is 0 Å². The summed E-state index contributed by atoms with van der Waals surface area (Å²) in [4.78, 5) is 4.36. The molecule has 0 bridgehead atoms. The van der Waals surface area contributed by atoms with Crippen molar-refractivity contribution < 1.29 is 0 Å². The van der Waals surface area contributed by atoms with E-state index >= 15 is 0 Å². The van der Waals surface area contributed by atoms with E-state index in [0.29, 0.717) is 6.04 Å². The van der Waals surface area contributed by atoms with Gasteiger partial charge in [-0.1, -0.05) is 6.42 Å². The van der Waals surface area contributed by atoms with Gasteiger partial charge in [0.2, 0.25) is 0 Å². The Morgan fingerprint density at radius 1 is 1.58 bits per heavy atom. The SMILES string of the molecule is IN1CCCCC1c1nccs1. The molecule has 0 amide bonds. The van der Waals surface area contributed by atoms with Crippen LogP contribution in [0.4, 0.5) is 0 Å². The highest BCUT2D eigenvalue weighted by Crippen LogP contribution is 2.33. The second-order valence-corrected chi connectivity index (χ2v) is 5.17. The van der Waals surface area contributed by atoms with Crippen molar-refractivity contribution >= 4 is 34.2 Å². The maximum Gasteiger partial charge on any atom is 0.110 e. The van der Waals surface area contributed by atoms with Crippen LogP contribution in [0.5, 0.6) is 0 Å². The summed E-state index contributed by atoms with van der Waals surface area (Å²) < 4.78 is 2.39. The highest BCUT2D eigenvalue weighted by Gasteiger charge is 2.23. The normalized spacial score (nSPS) is 25.9. The molecule has 1 aliphatic rings. The van der Waals surface area contributed by atoms with Gasteiger partial charge >= 0.3 is 0 Å². The van der Waals surface area contributed by atoms with E-state index in [-0.39, 0.29) is 0 Å². The molecule has 1 fully saturated rings. The van der Waals surface area contributed by atoms with E-state index in [1.807, 2.05) is 6.20 Å². The van der Waals surface area contributed by atoms with E-state index in [0.717, 1.165) is 0 Å². The first kappa shape index (κ1) is 8.90. The summed E-state index contributed by atoms with van der Waals surface area (Å²) in [5.41, 5.74) is 0. The predicted octanol–water partition coefficient (Wildman–Crippen LogP) is 3.02. The minimum Gasteiger partial charge on any atom is -0.248 e. The summed E-state index contributed by atoms with van der Waals surface area (Å²) in [6, 6.07) is 0.583. The molecular formula is C8H11IN2S. The van der Waals surface area contributed by atoms with E-state index in [1.165, 1.54) is 30.8 Å². The fraction of sp³-hybridized carbons (Fsp3) is 0.625. The molecular weight excluding hydrogens is 283 g/mol. The summed E-state index contributed by atoms with van der Waals surface area (Å²) in [5.74, 6) is 0. The first-order valence-corrected chi connectivity index (χ1v) is 6.04. The van der Waals surface area contributed by atoms with Crippen molar-refractivity contribution in [2.24, 2.45) is 0 Å². The topological polar surface area (TPSA) is 16.1 Å². The average molecular weight is 294 g/mol. The Morgan fingerprint density at radius 2 is 2.50 bits per heavy atom. The van der Waals surface area contributed by atoms with Crippen molar-refractivity contribution in [3.05, 3.63) is 16.6 Å². The quantitative estimate of drug-likeness (QED) is 0.584. The van der Waals surface area contributed by atoms with Crippen LogP contribution < -0.4 is 0 Å². The molecule has 2 heterocycles. The molecule has 4 heteroatoms. The molecule has 2 nitrogen and oxygen atoms in total. The third-order valence-electron chi connectivity index (χ3n) is 2.17. The number of hydrogen-bond donors (Lipinski definition) is 0. The van der Waals surface area contributed by atoms with Gasteiger partial charge in [-0.15, -0.1) is 11.3 Å². The molecule has 0 spiro atoms. The van der Waals surface area contributed by atoms with Crippen LogP contribution >= 0.6 is 34.2 Å². The Labute approximate surface area is 90.5 Å². The molecule has 1 saturated heterocycles. The molecule has 66 valence electrons. The summed E-state index contributed by atoms with van der Waals surface area (Å²) in [5, 5.41) is 3.35. The second kappa shape index (κ2) is 4.02. The molecule has 1 aromatic heterocycles. The van der Waals surface area contributed by atoms with Crippen LogP contribution in [-0.4, -0.2) is 14.6 Å². The Hall–Kier alpha value is 0.320. The molecule has 0 saturated carbocycles. The van der Waals surface area contributed by atoms with Crippen molar-refractivity contribution in [3.63, 3.8) is 0 Å². The lowest BCUT2D eigenvalue weighted by Crippen LogP contribution is -2.24. The summed E-state index contributed by atoms with van der Waals surface area (Å²) in [6.45, 7) is 1.21. The predicted molar refractivity (Wildman–Crippen MR) is 59.4 cm³/mol. The fourth-order valence-corrected chi connectivity index (χ4v) is 3.40. The van der Waals surface area contributed by atoms with E-state index < -0.39 is 0 Å². The number of halogens is 1. The smallest absolute Gasteiger partial charge is 0.110 e. The van der Waals surface area contributed by atoms with Crippen LogP contribution in [0.2, 0.25) is 0 Å². The second-order valence-electron chi connectivity index (χ2n) is 3.01. The largest absolute Gasteiger partial charge is 0.248 e. The molecule has 2 rings (SSSR count). The Balaban J connectivity index is 2.11. The minimum absolute atomic E-state index is 0.583. The summed E-state index contributed by atoms with van der Waals surface area (Å²) >= 11 is 4.20. The molecule has 0 aliphatic carbocycles. The van der Waals surface area contributed by atoms with Gasteiger partial charge in [-0.3, -0.25) is 0 Å². The number of nitrogens with zero attached hydrogens (tertiary/aromatic N) is 2. The first-order valence-electron chi connectivity index (χ1n) is 4.20. The van der Waals surface area contributed by atoms with Crippen molar-refractivity contribution in [2.45, 2.75) is 25.3 Å². The highest BCUT2D eigenvalue weighted by atomic mass is 127. The van der Waals surface area contributed by atoms with E-state index in [9.17, 15) is 0 Å². The van der Waals surface area contributed by atoms with Crippen molar-refractivity contribution in [1.29, 1.82) is 0 Å². The lowest BCUT2D eigenvalue weighted by atomic mass is 10.1. The molecule has 0 N–H and O–H groups in total. The molecule has 1 unspecified atom stereocenters. The number of rotatable bonds is 1. The maximum absolute atomic E-state index is 4.36. The van der Waals surface area contributed by atoms with Crippen LogP contribution in [0.3, 0.4) is 0 Å². The minimum atomic E-state index is 0.583. The fourth-order valence-electron chi connectivity index (χ4n) is 1.54. The van der Waals surface area contributed by atoms with E-state index in [2.05, 4.69) is 36.3 Å². The zero-order chi connectivity index (χ0) is 8.39. The van der Waals surface area contributed by atoms with Gasteiger partial charge in [0.1, 0.15) is 5.01 Å². The van der Waals surface area contributed by atoms with Gasteiger partial charge in [-0.2, -0.15) is 0 Å². The van der Waals surface area contributed by atoms with Crippen LogP contribution in [0.1, 0.15) is 30.3 Å². The number of thiazole rings is 1. The highest BCUT2D eigenvalue weighted by molar-refractivity contribution is 14.1. The third kappa shape index (κ3) is 1.80. The maximum atomic E-state index is 4.36. The first-order chi connectivity index (χ1) is 5.88. The molecule has 1 aliphatic heterocycles. The number of hydrogen-bond acceptors (Lipinski definition) is 3. The monoisotopic (exact) mass is 294 g/mol. The molecule has 0 radical (unpaired) electrons. The zero-order valence-corrected chi connectivity index (χ0v) is 9.72. The Kier molecular flexibility index (Phi) is 2.98. The van der Waals surface area contributed by atoms with Crippen LogP contribution in [0.15, 0.2) is 11.6 Å². The van der Waals surface area contributed by atoms with E-state index in [1.54, 1.807) is 11.3 Å². The third-order valence-corrected chi connectivity index (χ3v) is 4.21. The van der Waals surface area contributed by atoms with Gasteiger partial charge in [-0.05, 0) is 12.8 Å². The summed E-state index contributed by atoms with van der Waals surface area (Å²) in [6.07, 6.45) is 5.87. The van der Waals surface area contributed by atoms with Crippen molar-refractivity contribution in [1.82, 2.24) is 8.10 Å². The van der Waals surface area contributed by atoms with Gasteiger partial charge in [-0.25, -0.2) is 8.10 Å². The van der Waals surface area contributed by atoms with Crippen LogP contribution in [0, 0.1) is 0 Å².